The third-order valence-corrected chi connectivity index (χ3v) is 4.54. The number of amides is 2. The highest BCUT2D eigenvalue weighted by Gasteiger charge is 2.14. The quantitative estimate of drug-likeness (QED) is 0.646. The smallest absolute Gasteiger partial charge is 0.242 e. The van der Waals surface area contributed by atoms with Gasteiger partial charge in [-0.25, -0.2) is 4.39 Å². The number of aryl methyl sites for hydroxylation is 1. The number of hydrogen-bond acceptors (Lipinski definition) is 2. The molecule has 1 atom stereocenters. The maximum atomic E-state index is 13.2. The van der Waals surface area contributed by atoms with Crippen molar-refractivity contribution < 1.29 is 14.0 Å². The summed E-state index contributed by atoms with van der Waals surface area (Å²) in [5, 5.41) is 6.44. The van der Waals surface area contributed by atoms with E-state index in [0.717, 1.165) is 33.3 Å². The molecule has 0 radical (unpaired) electrons. The number of carbonyl (C=O) groups is 2. The molecule has 2 amide bonds. The molecule has 0 fully saturated rings. The van der Waals surface area contributed by atoms with Crippen molar-refractivity contribution in [1.82, 2.24) is 15.6 Å². The highest BCUT2D eigenvalue weighted by atomic mass is 19.1. The Kier molecular flexibility index (Phi) is 5.26. The molecule has 0 unspecified atom stereocenters. The summed E-state index contributed by atoms with van der Waals surface area (Å²) >= 11 is 0. The Labute approximate surface area is 157 Å². The van der Waals surface area contributed by atoms with Gasteiger partial charge in [-0.15, -0.1) is 0 Å². The first-order chi connectivity index (χ1) is 12.8. The van der Waals surface area contributed by atoms with E-state index in [-0.39, 0.29) is 17.6 Å². The van der Waals surface area contributed by atoms with Gasteiger partial charge in [-0.2, -0.15) is 0 Å². The summed E-state index contributed by atoms with van der Waals surface area (Å²) in [5.74, 6) is -0.738. The average molecular weight is 367 g/mol. The van der Waals surface area contributed by atoms with Crippen LogP contribution >= 0.6 is 0 Å². The molecule has 140 valence electrons. The highest BCUT2D eigenvalue weighted by Crippen LogP contribution is 2.30. The molecule has 3 rings (SSSR count). The number of hydrogen-bond donors (Lipinski definition) is 3. The highest BCUT2D eigenvalue weighted by molar-refractivity contribution is 5.91. The standard InChI is InChI=1S/C21H22FN3O2/c1-12-18-10-15(11-23-21(27)13(2)24-14(3)26)4-9-19(18)25-20(12)16-5-7-17(22)8-6-16/h4-10,13,25H,11H2,1-3H3,(H,23,27)(H,24,26)/t13-/m1/s1. The SMILES string of the molecule is CC(=O)N[C@H](C)C(=O)NCc1ccc2[nH]c(-c3ccc(F)cc3)c(C)c2c1. The molecule has 6 heteroatoms. The lowest BCUT2D eigenvalue weighted by Crippen LogP contribution is -2.43. The van der Waals surface area contributed by atoms with Crippen molar-refractivity contribution in [3.05, 3.63) is 59.4 Å². The van der Waals surface area contributed by atoms with Gasteiger partial charge in [0, 0.05) is 30.1 Å². The molecule has 2 aromatic carbocycles. The molecule has 0 saturated heterocycles. The number of nitrogens with one attached hydrogen (secondary N) is 3. The van der Waals surface area contributed by atoms with Gasteiger partial charge >= 0.3 is 0 Å². The molecule has 1 aromatic heterocycles. The molecule has 27 heavy (non-hydrogen) atoms. The van der Waals surface area contributed by atoms with E-state index in [4.69, 9.17) is 0 Å². The minimum atomic E-state index is -0.578. The molecule has 5 nitrogen and oxygen atoms in total. The second kappa shape index (κ2) is 7.61. The molecule has 0 saturated carbocycles. The second-order valence-electron chi connectivity index (χ2n) is 6.65. The number of benzene rings is 2. The van der Waals surface area contributed by atoms with Crippen LogP contribution in [0, 0.1) is 12.7 Å². The van der Waals surface area contributed by atoms with E-state index in [0.29, 0.717) is 6.54 Å². The summed E-state index contributed by atoms with van der Waals surface area (Å²) in [7, 11) is 0. The normalized spacial score (nSPS) is 12.0. The van der Waals surface area contributed by atoms with Crippen molar-refractivity contribution in [3.8, 4) is 11.3 Å². The monoisotopic (exact) mass is 367 g/mol. The van der Waals surface area contributed by atoms with Crippen molar-refractivity contribution in [2.45, 2.75) is 33.4 Å². The van der Waals surface area contributed by atoms with Crippen molar-refractivity contribution in [1.29, 1.82) is 0 Å². The summed E-state index contributed by atoms with van der Waals surface area (Å²) in [5.41, 5.74) is 4.87. The van der Waals surface area contributed by atoms with Crippen LogP contribution in [0.2, 0.25) is 0 Å². The van der Waals surface area contributed by atoms with Crippen molar-refractivity contribution >= 4 is 22.7 Å². The fraction of sp³-hybridized carbons (Fsp3) is 0.238. The van der Waals surface area contributed by atoms with Crippen LogP contribution in [0.1, 0.15) is 25.0 Å². The van der Waals surface area contributed by atoms with Gasteiger partial charge in [0.2, 0.25) is 11.8 Å². The van der Waals surface area contributed by atoms with Gasteiger partial charge in [0.05, 0.1) is 0 Å². The second-order valence-corrected chi connectivity index (χ2v) is 6.65. The van der Waals surface area contributed by atoms with Gasteiger partial charge in [0.15, 0.2) is 0 Å². The first-order valence-electron chi connectivity index (χ1n) is 8.77. The number of H-pyrrole nitrogens is 1. The predicted molar refractivity (Wildman–Crippen MR) is 104 cm³/mol. The van der Waals surface area contributed by atoms with Crippen LogP contribution in [0.5, 0.6) is 0 Å². The number of carbonyl (C=O) groups excluding carboxylic acids is 2. The average Bonchev–Trinajstić information content (AvgIpc) is 2.96. The molecular weight excluding hydrogens is 345 g/mol. The lowest BCUT2D eigenvalue weighted by atomic mass is 10.0. The number of halogens is 1. The molecule has 0 aliphatic rings. The summed E-state index contributed by atoms with van der Waals surface area (Å²) < 4.78 is 13.2. The van der Waals surface area contributed by atoms with E-state index in [1.54, 1.807) is 19.1 Å². The topological polar surface area (TPSA) is 74.0 Å². The summed E-state index contributed by atoms with van der Waals surface area (Å²) in [6.07, 6.45) is 0. The van der Waals surface area contributed by atoms with Crippen LogP contribution in [-0.4, -0.2) is 22.8 Å². The maximum Gasteiger partial charge on any atom is 0.242 e. The van der Waals surface area contributed by atoms with E-state index in [1.165, 1.54) is 19.1 Å². The molecule has 1 heterocycles. The van der Waals surface area contributed by atoms with Gasteiger partial charge in [0.1, 0.15) is 11.9 Å². The fourth-order valence-electron chi connectivity index (χ4n) is 3.10. The zero-order valence-corrected chi connectivity index (χ0v) is 15.5. The number of rotatable bonds is 5. The summed E-state index contributed by atoms with van der Waals surface area (Å²) in [6.45, 7) is 5.41. The first-order valence-corrected chi connectivity index (χ1v) is 8.77. The molecule has 0 bridgehead atoms. The Morgan fingerprint density at radius 1 is 1.15 bits per heavy atom. The van der Waals surface area contributed by atoms with Crippen LogP contribution in [0.15, 0.2) is 42.5 Å². The molecular formula is C21H22FN3O2. The summed E-state index contributed by atoms with van der Waals surface area (Å²) in [4.78, 5) is 26.4. The van der Waals surface area contributed by atoms with Crippen molar-refractivity contribution in [2.75, 3.05) is 0 Å². The fourth-order valence-corrected chi connectivity index (χ4v) is 3.10. The lowest BCUT2D eigenvalue weighted by molar-refractivity contribution is -0.127. The first kappa shape index (κ1) is 18.6. The Morgan fingerprint density at radius 3 is 2.52 bits per heavy atom. The number of aromatic nitrogens is 1. The third kappa shape index (κ3) is 4.16. The van der Waals surface area contributed by atoms with Gasteiger partial charge in [-0.3, -0.25) is 9.59 Å². The molecule has 3 aromatic rings. The van der Waals surface area contributed by atoms with Crippen LogP contribution < -0.4 is 10.6 Å². The lowest BCUT2D eigenvalue weighted by Gasteiger charge is -2.12. The number of fused-ring (bicyclic) bond motifs is 1. The van der Waals surface area contributed by atoms with E-state index < -0.39 is 6.04 Å². The van der Waals surface area contributed by atoms with Crippen LogP contribution in [0.4, 0.5) is 4.39 Å². The van der Waals surface area contributed by atoms with Crippen molar-refractivity contribution in [2.24, 2.45) is 0 Å². The van der Waals surface area contributed by atoms with Gasteiger partial charge in [0.25, 0.3) is 0 Å². The van der Waals surface area contributed by atoms with E-state index in [1.807, 2.05) is 25.1 Å². The van der Waals surface area contributed by atoms with Crippen LogP contribution in [0.3, 0.4) is 0 Å². The minimum absolute atomic E-state index is 0.233. The van der Waals surface area contributed by atoms with E-state index >= 15 is 0 Å². The Hall–Kier alpha value is -3.15. The van der Waals surface area contributed by atoms with Crippen LogP contribution in [0.25, 0.3) is 22.2 Å². The van der Waals surface area contributed by atoms with E-state index in [9.17, 15) is 14.0 Å². The van der Waals surface area contributed by atoms with Crippen LogP contribution in [-0.2, 0) is 16.1 Å². The van der Waals surface area contributed by atoms with Gasteiger partial charge < -0.3 is 15.6 Å². The summed E-state index contributed by atoms with van der Waals surface area (Å²) in [6, 6.07) is 11.7. The Bertz CT molecular complexity index is 993. The molecule has 0 aliphatic heterocycles. The predicted octanol–water partition coefficient (Wildman–Crippen LogP) is 3.42. The minimum Gasteiger partial charge on any atom is -0.354 e. The zero-order chi connectivity index (χ0) is 19.6. The van der Waals surface area contributed by atoms with Gasteiger partial charge in [-0.05, 0) is 66.9 Å². The Balaban J connectivity index is 1.79. The Morgan fingerprint density at radius 2 is 1.85 bits per heavy atom. The third-order valence-electron chi connectivity index (χ3n) is 4.54. The van der Waals surface area contributed by atoms with Gasteiger partial charge in [-0.1, -0.05) is 6.07 Å². The zero-order valence-electron chi connectivity index (χ0n) is 15.5. The molecule has 0 spiro atoms. The number of aromatic amines is 1. The molecule has 0 aliphatic carbocycles. The van der Waals surface area contributed by atoms with E-state index in [2.05, 4.69) is 15.6 Å². The van der Waals surface area contributed by atoms with Crippen molar-refractivity contribution in [3.63, 3.8) is 0 Å². The largest absolute Gasteiger partial charge is 0.354 e. The molecule has 3 N–H and O–H groups in total. The maximum absolute atomic E-state index is 13.2.